The van der Waals surface area contributed by atoms with Gasteiger partial charge in [0.25, 0.3) is 0 Å². The molecule has 0 aliphatic heterocycles. The van der Waals surface area contributed by atoms with Gasteiger partial charge in [-0.25, -0.2) is 0 Å². The molecule has 5 heavy (non-hydrogen) atoms. The molecule has 5 heteroatoms. The zero-order valence-corrected chi connectivity index (χ0v) is 6.14. The van der Waals surface area contributed by atoms with Crippen LogP contribution in [-0.4, -0.2) is 29.6 Å². The van der Waals surface area contributed by atoms with Gasteiger partial charge >= 0.3 is 29.6 Å². The molecule has 0 N–H and O–H groups in total. The van der Waals surface area contributed by atoms with E-state index in [9.17, 15) is 0 Å². The van der Waals surface area contributed by atoms with Crippen molar-refractivity contribution in [2.45, 2.75) is 0 Å². The van der Waals surface area contributed by atoms with Crippen molar-refractivity contribution in [2.75, 3.05) is 0 Å². The normalized spacial score (nSPS) is 0. The van der Waals surface area contributed by atoms with Gasteiger partial charge in [0.05, 0.1) is 0 Å². The third kappa shape index (κ3) is 20.6. The Bertz CT molecular complexity index is 6.85. The Balaban J connectivity index is 0. The van der Waals surface area contributed by atoms with E-state index in [0.29, 0.717) is 0 Å². The first-order valence-corrected chi connectivity index (χ1v) is 0. The van der Waals surface area contributed by atoms with Crippen LogP contribution in [-0.2, 0) is 22.4 Å². The van der Waals surface area contributed by atoms with Crippen molar-refractivity contribution < 1.29 is 22.4 Å². The van der Waals surface area contributed by atoms with E-state index < -0.39 is 0 Å². The van der Waals surface area contributed by atoms with Gasteiger partial charge in [-0.15, -0.1) is 37.2 Å². The minimum atomic E-state index is 0. The van der Waals surface area contributed by atoms with Gasteiger partial charge in [-0.05, 0) is 0 Å². The number of rotatable bonds is 0. The van der Waals surface area contributed by atoms with Crippen molar-refractivity contribution in [2.24, 2.45) is 0 Å². The summed E-state index contributed by atoms with van der Waals surface area (Å²) in [5.74, 6) is 0. The summed E-state index contributed by atoms with van der Waals surface area (Å²) in [6.07, 6.45) is 0. The number of hydrogen-bond acceptors (Lipinski definition) is 0. The van der Waals surface area contributed by atoms with Gasteiger partial charge in [0.15, 0.2) is 0 Å². The molecule has 0 nitrogen and oxygen atoms in total. The molecule has 37 valence electrons. The average Bonchev–Trinajstić information content (AvgIpc) is 0. The maximum absolute atomic E-state index is 0. The first kappa shape index (κ1) is 48.8. The molecule has 0 rings (SSSR count). The summed E-state index contributed by atoms with van der Waals surface area (Å²) in [5.41, 5.74) is 0. The van der Waals surface area contributed by atoms with Crippen LogP contribution in [0, 0.1) is 0 Å². The monoisotopic (exact) mass is 329 g/mol. The summed E-state index contributed by atoms with van der Waals surface area (Å²) in [4.78, 5) is 0. The van der Waals surface area contributed by atoms with Crippen LogP contribution < -0.4 is 0 Å². The fourth-order valence-corrected chi connectivity index (χ4v) is 0. The van der Waals surface area contributed by atoms with Crippen molar-refractivity contribution in [1.29, 1.82) is 0 Å². The van der Waals surface area contributed by atoms with E-state index in [1.54, 1.807) is 0 Å². The topological polar surface area (TPSA) is 0 Å². The van der Waals surface area contributed by atoms with E-state index in [1.807, 2.05) is 0 Å². The van der Waals surface area contributed by atoms with Crippen LogP contribution in [0.25, 0.3) is 0 Å². The third-order valence-electron chi connectivity index (χ3n) is 0. The van der Waals surface area contributed by atoms with Crippen LogP contribution >= 0.6 is 37.2 Å². The van der Waals surface area contributed by atoms with E-state index in [1.165, 1.54) is 0 Å². The van der Waals surface area contributed by atoms with Crippen molar-refractivity contribution in [3.63, 3.8) is 0 Å². The van der Waals surface area contributed by atoms with E-state index in [0.717, 1.165) is 0 Å². The molecule has 0 spiro atoms. The molecule has 1 radical (unpaired) electrons. The number of hydrogen-bond donors (Lipinski definition) is 0. The Morgan fingerprint density at radius 2 is 0.600 bits per heavy atom. The van der Waals surface area contributed by atoms with Gasteiger partial charge in [-0.3, -0.25) is 0 Å². The molecule has 0 saturated carbocycles. The zero-order chi connectivity index (χ0) is 0. The Hall–Kier alpha value is 2.61. The Morgan fingerprint density at radius 3 is 0.600 bits per heavy atom. The van der Waals surface area contributed by atoms with Gasteiger partial charge < -0.3 is 0 Å². The summed E-state index contributed by atoms with van der Waals surface area (Å²) in [7, 11) is 0. The number of halogens is 3. The van der Waals surface area contributed by atoms with Crippen LogP contribution in [0.4, 0.5) is 0 Å². The van der Waals surface area contributed by atoms with Crippen molar-refractivity contribution in [1.82, 2.24) is 0 Å². The first-order valence-electron chi connectivity index (χ1n) is 0. The van der Waals surface area contributed by atoms with E-state index in [4.69, 9.17) is 0 Å². The van der Waals surface area contributed by atoms with Crippen LogP contribution in [0.3, 0.4) is 0 Å². The maximum atomic E-state index is 0. The molecular weight excluding hydrogens is 326 g/mol. The molecule has 0 aromatic rings. The Kier molecular flexibility index (Phi) is 298. The molecule has 0 heterocycles. The molecular formula is H4AuCl3Na. The summed E-state index contributed by atoms with van der Waals surface area (Å²) in [5, 5.41) is 0. The van der Waals surface area contributed by atoms with Crippen molar-refractivity contribution in [3.05, 3.63) is 0 Å². The zero-order valence-electron chi connectivity index (χ0n) is 1.53. The third-order valence-corrected chi connectivity index (χ3v) is 0. The molecule has 0 bridgehead atoms. The van der Waals surface area contributed by atoms with Crippen LogP contribution in [0.5, 0.6) is 0 Å². The Morgan fingerprint density at radius 1 is 0.600 bits per heavy atom. The summed E-state index contributed by atoms with van der Waals surface area (Å²) < 4.78 is 0. The predicted octanol–water partition coefficient (Wildman–Crippen LogP) is 0.614. The molecule has 0 aliphatic carbocycles. The summed E-state index contributed by atoms with van der Waals surface area (Å²) >= 11 is 0. The van der Waals surface area contributed by atoms with Crippen molar-refractivity contribution in [3.8, 4) is 0 Å². The van der Waals surface area contributed by atoms with E-state index in [-0.39, 0.29) is 89.2 Å². The fourth-order valence-electron chi connectivity index (χ4n) is 0. The SMILES string of the molecule is Cl.Cl.Cl.[Au].[NaH]. The molecule has 0 amide bonds. The second kappa shape index (κ2) is 30.5. The minimum absolute atomic E-state index is 0. The molecule has 0 saturated heterocycles. The summed E-state index contributed by atoms with van der Waals surface area (Å²) in [6, 6.07) is 0. The second-order valence-electron chi connectivity index (χ2n) is 0. The first-order chi connectivity index (χ1) is 0. The van der Waals surface area contributed by atoms with Crippen molar-refractivity contribution >= 4 is 66.8 Å². The molecule has 0 aromatic heterocycles. The van der Waals surface area contributed by atoms with Gasteiger partial charge in [0.2, 0.25) is 0 Å². The van der Waals surface area contributed by atoms with Gasteiger partial charge in [0, 0.05) is 22.4 Å². The summed E-state index contributed by atoms with van der Waals surface area (Å²) in [6.45, 7) is 0. The van der Waals surface area contributed by atoms with Crippen LogP contribution in [0.2, 0.25) is 0 Å². The van der Waals surface area contributed by atoms with Gasteiger partial charge in [0.1, 0.15) is 0 Å². The second-order valence-corrected chi connectivity index (χ2v) is 0. The molecule has 0 fully saturated rings. The standard InChI is InChI=1S/Au.3ClH.Na.H/h;3*1H;;. The van der Waals surface area contributed by atoms with Gasteiger partial charge in [-0.1, -0.05) is 0 Å². The molecule has 0 aromatic carbocycles. The quantitative estimate of drug-likeness (QED) is 0.571. The molecule has 0 unspecified atom stereocenters. The molecule has 0 aliphatic rings. The van der Waals surface area contributed by atoms with E-state index >= 15 is 0 Å². The fraction of sp³-hybridized carbons (Fsp3) is 0. The van der Waals surface area contributed by atoms with Crippen LogP contribution in [0.15, 0.2) is 0 Å². The average molecular weight is 330 g/mol. The van der Waals surface area contributed by atoms with Crippen LogP contribution in [0.1, 0.15) is 0 Å². The Labute approximate surface area is 87.9 Å². The van der Waals surface area contributed by atoms with Gasteiger partial charge in [-0.2, -0.15) is 0 Å². The van der Waals surface area contributed by atoms with E-state index in [2.05, 4.69) is 0 Å². The molecule has 0 atom stereocenters. The predicted molar refractivity (Wildman–Crippen MR) is 28.9 cm³/mol.